The van der Waals surface area contributed by atoms with Gasteiger partial charge in [0.15, 0.2) is 0 Å². The summed E-state index contributed by atoms with van der Waals surface area (Å²) < 4.78 is 0. The maximum atomic E-state index is 2.28. The van der Waals surface area contributed by atoms with Crippen LogP contribution in [0.1, 0.15) is 47.0 Å². The first-order valence-corrected chi connectivity index (χ1v) is 5.58. The molecule has 0 radical (unpaired) electrons. The number of hydrogen-bond donors (Lipinski definition) is 0. The summed E-state index contributed by atoms with van der Waals surface area (Å²) in [5.41, 5.74) is 1.41. The van der Waals surface area contributed by atoms with Crippen molar-refractivity contribution in [1.82, 2.24) is 0 Å². The van der Waals surface area contributed by atoms with E-state index in [4.69, 9.17) is 0 Å². The van der Waals surface area contributed by atoms with Gasteiger partial charge in [-0.05, 0) is 39.0 Å². The van der Waals surface area contributed by atoms with E-state index in [1.807, 2.05) is 0 Å². The Kier molecular flexibility index (Phi) is 8.31. The lowest BCUT2D eigenvalue weighted by Gasteiger charge is -1.94. The molecule has 14 heavy (non-hydrogen) atoms. The monoisotopic (exact) mass is 192 g/mol. The molecule has 0 saturated heterocycles. The van der Waals surface area contributed by atoms with Crippen LogP contribution in [0.4, 0.5) is 0 Å². The lowest BCUT2D eigenvalue weighted by atomic mass is 10.1. The van der Waals surface area contributed by atoms with E-state index < -0.39 is 0 Å². The summed E-state index contributed by atoms with van der Waals surface area (Å²) in [6, 6.07) is 0. The molecule has 0 rings (SSSR count). The van der Waals surface area contributed by atoms with Crippen molar-refractivity contribution >= 4 is 0 Å². The van der Waals surface area contributed by atoms with E-state index in [1.165, 1.54) is 12.0 Å². The molecule has 0 fully saturated rings. The van der Waals surface area contributed by atoms with Crippen molar-refractivity contribution in [2.45, 2.75) is 47.0 Å². The number of rotatable bonds is 6. The van der Waals surface area contributed by atoms with Crippen LogP contribution < -0.4 is 0 Å². The topological polar surface area (TPSA) is 0 Å². The number of allylic oxidation sites excluding steroid dienone is 6. The number of hydrogen-bond acceptors (Lipinski definition) is 0. The van der Waals surface area contributed by atoms with Crippen molar-refractivity contribution in [3.8, 4) is 0 Å². The summed E-state index contributed by atoms with van der Waals surface area (Å²) in [4.78, 5) is 0. The van der Waals surface area contributed by atoms with Gasteiger partial charge in [0.1, 0.15) is 0 Å². The fraction of sp³-hybridized carbons (Fsp3) is 0.571. The van der Waals surface area contributed by atoms with Crippen LogP contribution in [-0.4, -0.2) is 0 Å². The third-order valence-corrected chi connectivity index (χ3v) is 1.88. The molecule has 0 aromatic rings. The Morgan fingerprint density at radius 1 is 1.00 bits per heavy atom. The summed E-state index contributed by atoms with van der Waals surface area (Å²) in [6.45, 7) is 8.77. The van der Waals surface area contributed by atoms with Gasteiger partial charge in [-0.3, -0.25) is 0 Å². The molecule has 0 saturated carbocycles. The quantitative estimate of drug-likeness (QED) is 0.319. The Morgan fingerprint density at radius 2 is 1.64 bits per heavy atom. The molecule has 0 aromatic heterocycles. The van der Waals surface area contributed by atoms with Crippen LogP contribution in [0.25, 0.3) is 0 Å². The van der Waals surface area contributed by atoms with Gasteiger partial charge in [0.2, 0.25) is 0 Å². The van der Waals surface area contributed by atoms with Crippen LogP contribution in [0, 0.1) is 5.92 Å². The minimum absolute atomic E-state index is 0.769. The van der Waals surface area contributed by atoms with Crippen LogP contribution in [0.15, 0.2) is 36.0 Å². The molecule has 0 nitrogen and oxygen atoms in total. The van der Waals surface area contributed by atoms with E-state index >= 15 is 0 Å². The second-order valence-electron chi connectivity index (χ2n) is 4.34. The first kappa shape index (κ1) is 13.2. The molecule has 0 unspecified atom stereocenters. The average Bonchev–Trinajstić information content (AvgIpc) is 2.08. The smallest absolute Gasteiger partial charge is 0.0313 e. The molecule has 0 heteroatoms. The molecule has 0 atom stereocenters. The molecule has 0 spiro atoms. The summed E-state index contributed by atoms with van der Waals surface area (Å²) in [5.74, 6) is 0.769. The van der Waals surface area contributed by atoms with Gasteiger partial charge in [0.25, 0.3) is 0 Å². The van der Waals surface area contributed by atoms with Gasteiger partial charge < -0.3 is 0 Å². The average molecular weight is 192 g/mol. The van der Waals surface area contributed by atoms with Crippen molar-refractivity contribution in [2.75, 3.05) is 0 Å². The zero-order valence-electron chi connectivity index (χ0n) is 10.1. The fourth-order valence-corrected chi connectivity index (χ4v) is 1.07. The zero-order chi connectivity index (χ0) is 10.8. The van der Waals surface area contributed by atoms with E-state index in [0.29, 0.717) is 0 Å². The van der Waals surface area contributed by atoms with Gasteiger partial charge in [-0.1, -0.05) is 49.8 Å². The normalized spacial score (nSPS) is 11.8. The first-order chi connectivity index (χ1) is 6.63. The molecule has 0 aliphatic heterocycles. The summed E-state index contributed by atoms with van der Waals surface area (Å²) in [7, 11) is 0. The van der Waals surface area contributed by atoms with E-state index in [1.54, 1.807) is 0 Å². The Bertz CT molecular complexity index is 200. The van der Waals surface area contributed by atoms with Gasteiger partial charge in [0, 0.05) is 0 Å². The second-order valence-corrected chi connectivity index (χ2v) is 4.34. The second kappa shape index (κ2) is 8.80. The zero-order valence-corrected chi connectivity index (χ0v) is 10.1. The molecule has 0 bridgehead atoms. The highest BCUT2D eigenvalue weighted by Gasteiger charge is 1.85. The van der Waals surface area contributed by atoms with Crippen molar-refractivity contribution in [3.63, 3.8) is 0 Å². The number of unbranched alkanes of at least 4 members (excludes halogenated alkanes) is 1. The van der Waals surface area contributed by atoms with Crippen molar-refractivity contribution in [3.05, 3.63) is 36.0 Å². The Balaban J connectivity index is 3.45. The molecular weight excluding hydrogens is 168 g/mol. The molecule has 0 aliphatic carbocycles. The van der Waals surface area contributed by atoms with Gasteiger partial charge in [-0.2, -0.15) is 0 Å². The lowest BCUT2D eigenvalue weighted by molar-refractivity contribution is 0.664. The minimum Gasteiger partial charge on any atom is -0.0856 e. The van der Waals surface area contributed by atoms with Crippen LogP contribution >= 0.6 is 0 Å². The fourth-order valence-electron chi connectivity index (χ4n) is 1.07. The highest BCUT2D eigenvalue weighted by atomic mass is 13.9. The summed E-state index contributed by atoms with van der Waals surface area (Å²) in [5, 5.41) is 0. The predicted octanol–water partition coefficient (Wildman–Crippen LogP) is 4.89. The summed E-state index contributed by atoms with van der Waals surface area (Å²) >= 11 is 0. The van der Waals surface area contributed by atoms with Gasteiger partial charge in [0.05, 0.1) is 0 Å². The van der Waals surface area contributed by atoms with Crippen molar-refractivity contribution < 1.29 is 0 Å². The highest BCUT2D eigenvalue weighted by molar-refractivity contribution is 5.03. The molecule has 80 valence electrons. The predicted molar refractivity (Wildman–Crippen MR) is 66.4 cm³/mol. The van der Waals surface area contributed by atoms with Crippen molar-refractivity contribution in [2.24, 2.45) is 5.92 Å². The standard InChI is InChI=1S/C14H24/c1-13(2)11-9-7-5-6-8-10-12-14(3)4/h5-7,9,12-13H,8,10-11H2,1-4H3/b6-5-,9-7-. The van der Waals surface area contributed by atoms with Crippen LogP contribution in [0.2, 0.25) is 0 Å². The Hall–Kier alpha value is -0.780. The largest absolute Gasteiger partial charge is 0.0856 e. The first-order valence-electron chi connectivity index (χ1n) is 5.58. The van der Waals surface area contributed by atoms with Gasteiger partial charge in [-0.25, -0.2) is 0 Å². The maximum Gasteiger partial charge on any atom is -0.0313 e. The maximum absolute atomic E-state index is 2.28. The molecule has 0 aromatic carbocycles. The molecule has 0 amide bonds. The summed E-state index contributed by atoms with van der Waals surface area (Å²) in [6.07, 6.45) is 14.6. The van der Waals surface area contributed by atoms with Gasteiger partial charge in [-0.15, -0.1) is 0 Å². The Morgan fingerprint density at radius 3 is 2.21 bits per heavy atom. The molecule has 0 heterocycles. The highest BCUT2D eigenvalue weighted by Crippen LogP contribution is 2.01. The van der Waals surface area contributed by atoms with Crippen molar-refractivity contribution in [1.29, 1.82) is 0 Å². The van der Waals surface area contributed by atoms with Crippen LogP contribution in [0.3, 0.4) is 0 Å². The van der Waals surface area contributed by atoms with Crippen LogP contribution in [-0.2, 0) is 0 Å². The third kappa shape index (κ3) is 11.2. The lowest BCUT2D eigenvalue weighted by Crippen LogP contribution is -1.80. The Labute approximate surface area is 89.4 Å². The van der Waals surface area contributed by atoms with E-state index in [2.05, 4.69) is 58.1 Å². The molecular formula is C14H24. The molecule has 0 N–H and O–H groups in total. The van der Waals surface area contributed by atoms with E-state index in [0.717, 1.165) is 18.8 Å². The third-order valence-electron chi connectivity index (χ3n) is 1.88. The van der Waals surface area contributed by atoms with Gasteiger partial charge >= 0.3 is 0 Å². The molecule has 0 aliphatic rings. The SMILES string of the molecule is CC(C)=CCC/C=C\C=C/CC(C)C. The van der Waals surface area contributed by atoms with E-state index in [9.17, 15) is 0 Å². The van der Waals surface area contributed by atoms with E-state index in [-0.39, 0.29) is 0 Å². The minimum atomic E-state index is 0.769. The van der Waals surface area contributed by atoms with Crippen LogP contribution in [0.5, 0.6) is 0 Å².